The first kappa shape index (κ1) is 15.1. The Morgan fingerprint density at radius 3 is 2.43 bits per heavy atom. The maximum Gasteiger partial charge on any atom is 0.348 e. The third-order valence-corrected chi connectivity index (χ3v) is 3.45. The highest BCUT2D eigenvalue weighted by atomic mass is 16.6. The van der Waals surface area contributed by atoms with Crippen LogP contribution in [0.3, 0.4) is 0 Å². The molecule has 1 aliphatic heterocycles. The van der Waals surface area contributed by atoms with Gasteiger partial charge in [-0.15, -0.1) is 0 Å². The lowest BCUT2D eigenvalue weighted by Gasteiger charge is -2.19. The van der Waals surface area contributed by atoms with Gasteiger partial charge in [0.1, 0.15) is 11.5 Å². The van der Waals surface area contributed by atoms with Crippen LogP contribution in [0.4, 0.5) is 0 Å². The lowest BCUT2D eigenvalue weighted by molar-refractivity contribution is -0.153. The predicted octanol–water partition coefficient (Wildman–Crippen LogP) is 2.30. The van der Waals surface area contributed by atoms with Gasteiger partial charge in [0.25, 0.3) is 0 Å². The molecule has 0 aromatic heterocycles. The van der Waals surface area contributed by atoms with Gasteiger partial charge in [-0.25, -0.2) is 4.79 Å². The van der Waals surface area contributed by atoms with Crippen molar-refractivity contribution in [3.63, 3.8) is 0 Å². The molecule has 1 aromatic carbocycles. The van der Waals surface area contributed by atoms with Gasteiger partial charge in [0, 0.05) is 5.57 Å². The van der Waals surface area contributed by atoms with Crippen LogP contribution in [0, 0.1) is 0 Å². The molecule has 2 atom stereocenters. The summed E-state index contributed by atoms with van der Waals surface area (Å²) in [4.78, 5) is 24.0. The van der Waals surface area contributed by atoms with Crippen LogP contribution < -0.4 is 0 Å². The Balaban J connectivity index is 2.43. The highest BCUT2D eigenvalue weighted by Crippen LogP contribution is 2.40. The summed E-state index contributed by atoms with van der Waals surface area (Å²) < 4.78 is 10.6. The van der Waals surface area contributed by atoms with E-state index in [9.17, 15) is 14.7 Å². The van der Waals surface area contributed by atoms with Gasteiger partial charge < -0.3 is 14.6 Å². The standard InChI is InChI=1S/C16H18O5/c1-4-20-16(19)15-14(11-5-7-12(18)8-6-11)13(9(2)17)10(3)21-15/h5-8,14-15,18H,4H2,1-3H3/t14-,15-/m0/s1. The summed E-state index contributed by atoms with van der Waals surface area (Å²) in [6.07, 6.45) is -0.867. The molecule has 0 saturated carbocycles. The first-order valence-electron chi connectivity index (χ1n) is 6.79. The summed E-state index contributed by atoms with van der Waals surface area (Å²) >= 11 is 0. The van der Waals surface area contributed by atoms with E-state index in [-0.39, 0.29) is 18.1 Å². The quantitative estimate of drug-likeness (QED) is 0.861. The van der Waals surface area contributed by atoms with Crippen LogP contribution >= 0.6 is 0 Å². The first-order chi connectivity index (χ1) is 9.95. The molecule has 112 valence electrons. The SMILES string of the molecule is CCOC(=O)[C@H]1OC(C)=C(C(C)=O)[C@@H]1c1ccc(O)cc1. The zero-order valence-electron chi connectivity index (χ0n) is 12.3. The number of ether oxygens (including phenoxy) is 2. The number of phenols is 1. The van der Waals surface area contributed by atoms with Crippen molar-refractivity contribution >= 4 is 11.8 Å². The maximum atomic E-state index is 12.1. The smallest absolute Gasteiger partial charge is 0.348 e. The Kier molecular flexibility index (Phi) is 4.31. The first-order valence-corrected chi connectivity index (χ1v) is 6.79. The average Bonchev–Trinajstić information content (AvgIpc) is 2.77. The fourth-order valence-electron chi connectivity index (χ4n) is 2.59. The van der Waals surface area contributed by atoms with E-state index < -0.39 is 18.0 Å². The molecule has 1 heterocycles. The Hall–Kier alpha value is -2.30. The number of hydrogen-bond acceptors (Lipinski definition) is 5. The molecule has 2 rings (SSSR count). The molecule has 5 nitrogen and oxygen atoms in total. The van der Waals surface area contributed by atoms with E-state index in [1.165, 1.54) is 19.1 Å². The van der Waals surface area contributed by atoms with Crippen molar-refractivity contribution < 1.29 is 24.2 Å². The molecule has 0 radical (unpaired) electrons. The van der Waals surface area contributed by atoms with E-state index in [2.05, 4.69) is 0 Å². The lowest BCUT2D eigenvalue weighted by atomic mass is 9.85. The zero-order chi connectivity index (χ0) is 15.6. The Bertz CT molecular complexity index is 585. The van der Waals surface area contributed by atoms with Crippen LogP contribution in [0.25, 0.3) is 0 Å². The molecule has 0 unspecified atom stereocenters. The van der Waals surface area contributed by atoms with Crippen molar-refractivity contribution in [1.29, 1.82) is 0 Å². The molecule has 21 heavy (non-hydrogen) atoms. The summed E-state index contributed by atoms with van der Waals surface area (Å²) in [7, 11) is 0. The minimum Gasteiger partial charge on any atom is -0.508 e. The monoisotopic (exact) mass is 290 g/mol. The Labute approximate surface area is 123 Å². The molecule has 1 N–H and O–H groups in total. The van der Waals surface area contributed by atoms with E-state index in [0.29, 0.717) is 11.3 Å². The number of carbonyl (C=O) groups excluding carboxylic acids is 2. The summed E-state index contributed by atoms with van der Waals surface area (Å²) in [6, 6.07) is 6.39. The fourth-order valence-corrected chi connectivity index (χ4v) is 2.59. The van der Waals surface area contributed by atoms with E-state index in [4.69, 9.17) is 9.47 Å². The van der Waals surface area contributed by atoms with E-state index >= 15 is 0 Å². The second-order valence-electron chi connectivity index (χ2n) is 4.89. The van der Waals surface area contributed by atoms with Gasteiger partial charge in [0.2, 0.25) is 6.10 Å². The van der Waals surface area contributed by atoms with Gasteiger partial charge in [0.05, 0.1) is 12.5 Å². The number of aromatic hydroxyl groups is 1. The molecule has 1 aliphatic rings. The molecule has 0 aliphatic carbocycles. The van der Waals surface area contributed by atoms with Crippen molar-refractivity contribution in [2.75, 3.05) is 6.61 Å². The maximum absolute atomic E-state index is 12.1. The number of hydrogen-bond donors (Lipinski definition) is 1. The molecule has 0 bridgehead atoms. The molecule has 5 heteroatoms. The summed E-state index contributed by atoms with van der Waals surface area (Å²) in [5.41, 5.74) is 1.20. The predicted molar refractivity (Wildman–Crippen MR) is 75.7 cm³/mol. The third-order valence-electron chi connectivity index (χ3n) is 3.45. The number of phenolic OH excluding ortho intramolecular Hbond substituents is 1. The van der Waals surface area contributed by atoms with Crippen LogP contribution in [0.15, 0.2) is 35.6 Å². The van der Waals surface area contributed by atoms with Crippen LogP contribution in [0.5, 0.6) is 5.75 Å². The number of carbonyl (C=O) groups is 2. The van der Waals surface area contributed by atoms with Gasteiger partial charge in [-0.1, -0.05) is 12.1 Å². The van der Waals surface area contributed by atoms with Gasteiger partial charge in [-0.05, 0) is 38.5 Å². The summed E-state index contributed by atoms with van der Waals surface area (Å²) in [5, 5.41) is 9.38. The zero-order valence-corrected chi connectivity index (χ0v) is 12.3. The fraction of sp³-hybridized carbons (Fsp3) is 0.375. The largest absolute Gasteiger partial charge is 0.508 e. The minimum atomic E-state index is -0.867. The normalized spacial score (nSPS) is 21.1. The molecule has 0 spiro atoms. The van der Waals surface area contributed by atoms with Crippen molar-refractivity contribution in [3.8, 4) is 5.75 Å². The van der Waals surface area contributed by atoms with Gasteiger partial charge in [-0.2, -0.15) is 0 Å². The van der Waals surface area contributed by atoms with Gasteiger partial charge in [-0.3, -0.25) is 4.79 Å². The number of ketones is 1. The van der Waals surface area contributed by atoms with Gasteiger partial charge in [0.15, 0.2) is 5.78 Å². The highest BCUT2D eigenvalue weighted by Gasteiger charge is 2.43. The second kappa shape index (κ2) is 5.99. The van der Waals surface area contributed by atoms with Crippen molar-refractivity contribution in [1.82, 2.24) is 0 Å². The Morgan fingerprint density at radius 1 is 1.29 bits per heavy atom. The molecule has 0 saturated heterocycles. The number of allylic oxidation sites excluding steroid dienone is 1. The average molecular weight is 290 g/mol. The van der Waals surface area contributed by atoms with E-state index in [1.807, 2.05) is 0 Å². The van der Waals surface area contributed by atoms with Crippen LogP contribution in [0.2, 0.25) is 0 Å². The number of benzene rings is 1. The second-order valence-corrected chi connectivity index (χ2v) is 4.89. The number of Topliss-reactive ketones (excluding diaryl/α,β-unsaturated/α-hetero) is 1. The van der Waals surface area contributed by atoms with Crippen molar-refractivity contribution in [3.05, 3.63) is 41.2 Å². The molecule has 0 amide bonds. The highest BCUT2D eigenvalue weighted by molar-refractivity contribution is 5.97. The van der Waals surface area contributed by atoms with E-state index in [1.54, 1.807) is 26.0 Å². The van der Waals surface area contributed by atoms with Crippen molar-refractivity contribution in [2.45, 2.75) is 32.8 Å². The van der Waals surface area contributed by atoms with Crippen LogP contribution in [0.1, 0.15) is 32.3 Å². The van der Waals surface area contributed by atoms with Crippen LogP contribution in [-0.4, -0.2) is 29.6 Å². The number of rotatable bonds is 4. The summed E-state index contributed by atoms with van der Waals surface area (Å²) in [5.74, 6) is -0.584. The van der Waals surface area contributed by atoms with Crippen molar-refractivity contribution in [2.24, 2.45) is 0 Å². The molecule has 0 fully saturated rings. The topological polar surface area (TPSA) is 72.8 Å². The van der Waals surface area contributed by atoms with Gasteiger partial charge >= 0.3 is 5.97 Å². The lowest BCUT2D eigenvalue weighted by Crippen LogP contribution is -2.30. The van der Waals surface area contributed by atoms with Crippen LogP contribution in [-0.2, 0) is 19.1 Å². The molecular formula is C16H18O5. The summed E-state index contributed by atoms with van der Waals surface area (Å²) in [6.45, 7) is 5.08. The number of esters is 1. The Morgan fingerprint density at radius 2 is 1.90 bits per heavy atom. The van der Waals surface area contributed by atoms with E-state index in [0.717, 1.165) is 5.56 Å². The molecular weight excluding hydrogens is 272 g/mol. The molecule has 1 aromatic rings. The minimum absolute atomic E-state index is 0.121. The third kappa shape index (κ3) is 2.91.